The molecule has 1 amide bonds. The van der Waals surface area contributed by atoms with Crippen LogP contribution in [0.4, 0.5) is 0 Å². The number of carbonyl (C=O) groups is 1. The number of nitrogens with zero attached hydrogens (tertiary/aromatic N) is 3. The van der Waals surface area contributed by atoms with E-state index in [2.05, 4.69) is 34.2 Å². The minimum Gasteiger partial charge on any atom is -0.337 e. The third-order valence-electron chi connectivity index (χ3n) is 4.52. The van der Waals surface area contributed by atoms with Crippen LogP contribution in [-0.4, -0.2) is 27.8 Å². The van der Waals surface area contributed by atoms with Crippen LogP contribution < -0.4 is 0 Å². The van der Waals surface area contributed by atoms with Gasteiger partial charge in [-0.15, -0.1) is 0 Å². The van der Waals surface area contributed by atoms with Crippen molar-refractivity contribution in [3.8, 4) is 22.3 Å². The van der Waals surface area contributed by atoms with Crippen molar-refractivity contribution in [3.05, 3.63) is 71.8 Å². The highest BCUT2D eigenvalue weighted by Crippen LogP contribution is 2.35. The second-order valence-electron chi connectivity index (χ2n) is 6.09. The fourth-order valence-electron chi connectivity index (χ4n) is 3.25. The van der Waals surface area contributed by atoms with Gasteiger partial charge in [0.2, 0.25) is 0 Å². The number of amides is 1. The van der Waals surface area contributed by atoms with E-state index in [4.69, 9.17) is 0 Å². The summed E-state index contributed by atoms with van der Waals surface area (Å²) in [6.07, 6.45) is 5.20. The van der Waals surface area contributed by atoms with Gasteiger partial charge in [-0.3, -0.25) is 14.8 Å². The number of aromatic nitrogens is 2. The second kappa shape index (κ2) is 5.57. The lowest BCUT2D eigenvalue weighted by atomic mass is 9.93. The van der Waals surface area contributed by atoms with Crippen LogP contribution in [0.25, 0.3) is 22.3 Å². The van der Waals surface area contributed by atoms with Crippen LogP contribution >= 0.6 is 0 Å². The smallest absolute Gasteiger partial charge is 0.256 e. The zero-order chi connectivity index (χ0) is 16.7. The quantitative estimate of drug-likeness (QED) is 0.688. The van der Waals surface area contributed by atoms with Crippen molar-refractivity contribution in [3.63, 3.8) is 0 Å². The van der Waals surface area contributed by atoms with Crippen LogP contribution in [0.5, 0.6) is 0 Å². The summed E-state index contributed by atoms with van der Waals surface area (Å²) in [6.45, 7) is 2.60. The fourth-order valence-corrected chi connectivity index (χ4v) is 3.25. The van der Waals surface area contributed by atoms with Crippen molar-refractivity contribution in [1.82, 2.24) is 14.9 Å². The summed E-state index contributed by atoms with van der Waals surface area (Å²) < 4.78 is 0. The first-order valence-electron chi connectivity index (χ1n) is 7.90. The largest absolute Gasteiger partial charge is 0.337 e. The standard InChI is InChI=1S/C20H17N3O/c1-13-16(4-3-8-22-13)14-5-6-15-12-23(2)20(24)19-11-21-9-7-17(19)18(15)10-14/h3-11H,12H2,1-2H3. The molecule has 118 valence electrons. The van der Waals surface area contributed by atoms with Gasteiger partial charge in [-0.05, 0) is 47.4 Å². The molecule has 4 heteroatoms. The molecule has 0 spiro atoms. The molecule has 0 atom stereocenters. The Hall–Kier alpha value is -3.01. The van der Waals surface area contributed by atoms with E-state index in [9.17, 15) is 4.79 Å². The van der Waals surface area contributed by atoms with Gasteiger partial charge in [-0.25, -0.2) is 0 Å². The van der Waals surface area contributed by atoms with Gasteiger partial charge in [0.1, 0.15) is 0 Å². The molecule has 0 saturated carbocycles. The van der Waals surface area contributed by atoms with Gasteiger partial charge < -0.3 is 4.90 Å². The first-order chi connectivity index (χ1) is 11.6. The van der Waals surface area contributed by atoms with Crippen LogP contribution in [0, 0.1) is 6.92 Å². The monoisotopic (exact) mass is 315 g/mol. The van der Waals surface area contributed by atoms with Gasteiger partial charge in [0.05, 0.1) is 5.56 Å². The lowest BCUT2D eigenvalue weighted by Crippen LogP contribution is -2.24. The molecule has 4 rings (SSSR count). The summed E-state index contributed by atoms with van der Waals surface area (Å²) in [7, 11) is 1.83. The highest BCUT2D eigenvalue weighted by atomic mass is 16.2. The summed E-state index contributed by atoms with van der Waals surface area (Å²) in [6, 6.07) is 12.3. The molecule has 1 aliphatic heterocycles. The van der Waals surface area contributed by atoms with Crippen LogP contribution in [-0.2, 0) is 6.54 Å². The molecule has 0 radical (unpaired) electrons. The van der Waals surface area contributed by atoms with Gasteiger partial charge in [0.15, 0.2) is 0 Å². The van der Waals surface area contributed by atoms with Gasteiger partial charge in [0, 0.05) is 43.4 Å². The Morgan fingerprint density at radius 3 is 2.71 bits per heavy atom. The Bertz CT molecular complexity index is 949. The van der Waals surface area contributed by atoms with Gasteiger partial charge in [-0.1, -0.05) is 18.2 Å². The van der Waals surface area contributed by atoms with E-state index >= 15 is 0 Å². The molecule has 0 N–H and O–H groups in total. The number of benzene rings is 1. The van der Waals surface area contributed by atoms with E-state index < -0.39 is 0 Å². The summed E-state index contributed by atoms with van der Waals surface area (Å²) >= 11 is 0. The van der Waals surface area contributed by atoms with Crippen molar-refractivity contribution >= 4 is 5.91 Å². The number of pyridine rings is 2. The van der Waals surface area contributed by atoms with E-state index in [1.165, 1.54) is 0 Å². The minimum absolute atomic E-state index is 0.00779. The van der Waals surface area contributed by atoms with Crippen molar-refractivity contribution in [1.29, 1.82) is 0 Å². The van der Waals surface area contributed by atoms with E-state index in [0.29, 0.717) is 12.1 Å². The molecule has 1 aliphatic rings. The highest BCUT2D eigenvalue weighted by molar-refractivity contribution is 6.02. The summed E-state index contributed by atoms with van der Waals surface area (Å²) in [5.74, 6) is 0.00779. The van der Waals surface area contributed by atoms with Crippen LogP contribution in [0.3, 0.4) is 0 Å². The molecule has 3 heterocycles. The molecule has 0 fully saturated rings. The Kier molecular flexibility index (Phi) is 3.38. The maximum atomic E-state index is 12.6. The Labute approximate surface area is 140 Å². The number of hydrogen-bond acceptors (Lipinski definition) is 3. The topological polar surface area (TPSA) is 46.1 Å². The fraction of sp³-hybridized carbons (Fsp3) is 0.150. The number of carbonyl (C=O) groups excluding carboxylic acids is 1. The van der Waals surface area contributed by atoms with Crippen LogP contribution in [0.2, 0.25) is 0 Å². The van der Waals surface area contributed by atoms with Crippen LogP contribution in [0.1, 0.15) is 21.6 Å². The minimum atomic E-state index is 0.00779. The molecule has 1 aromatic carbocycles. The zero-order valence-electron chi connectivity index (χ0n) is 13.7. The maximum Gasteiger partial charge on any atom is 0.256 e. The van der Waals surface area contributed by atoms with E-state index in [0.717, 1.165) is 33.5 Å². The van der Waals surface area contributed by atoms with E-state index in [-0.39, 0.29) is 5.91 Å². The molecule has 2 aromatic heterocycles. The molecule has 0 aliphatic carbocycles. The van der Waals surface area contributed by atoms with Gasteiger partial charge >= 0.3 is 0 Å². The lowest BCUT2D eigenvalue weighted by Gasteiger charge is -2.15. The Balaban J connectivity index is 1.96. The number of hydrogen-bond donors (Lipinski definition) is 0. The molecule has 0 unspecified atom stereocenters. The highest BCUT2D eigenvalue weighted by Gasteiger charge is 2.24. The molecular formula is C20H17N3O. The first-order valence-corrected chi connectivity index (χ1v) is 7.90. The third kappa shape index (κ3) is 2.27. The molecule has 3 aromatic rings. The predicted octanol–water partition coefficient (Wildman–Crippen LogP) is 3.70. The summed E-state index contributed by atoms with van der Waals surface area (Å²) in [4.78, 5) is 22.8. The average Bonchev–Trinajstić information content (AvgIpc) is 2.71. The van der Waals surface area contributed by atoms with E-state index in [1.807, 2.05) is 26.1 Å². The van der Waals surface area contributed by atoms with Crippen LogP contribution in [0.15, 0.2) is 55.0 Å². The normalized spacial score (nSPS) is 13.2. The number of fused-ring (bicyclic) bond motifs is 3. The van der Waals surface area contributed by atoms with Crippen molar-refractivity contribution in [2.24, 2.45) is 0 Å². The lowest BCUT2D eigenvalue weighted by molar-refractivity contribution is 0.0788. The van der Waals surface area contributed by atoms with Gasteiger partial charge in [0.25, 0.3) is 5.91 Å². The van der Waals surface area contributed by atoms with Crippen molar-refractivity contribution in [2.45, 2.75) is 13.5 Å². The number of rotatable bonds is 1. The predicted molar refractivity (Wildman–Crippen MR) is 93.4 cm³/mol. The summed E-state index contributed by atoms with van der Waals surface area (Å²) in [5, 5.41) is 0. The van der Waals surface area contributed by atoms with E-state index in [1.54, 1.807) is 23.5 Å². The Morgan fingerprint density at radius 2 is 1.88 bits per heavy atom. The Morgan fingerprint density at radius 1 is 1.00 bits per heavy atom. The third-order valence-corrected chi connectivity index (χ3v) is 4.52. The van der Waals surface area contributed by atoms with Gasteiger partial charge in [-0.2, -0.15) is 0 Å². The second-order valence-corrected chi connectivity index (χ2v) is 6.09. The SMILES string of the molecule is Cc1ncccc1-c1ccc2c(c1)-c1ccncc1C(=O)N(C)C2. The first kappa shape index (κ1) is 14.6. The molecule has 24 heavy (non-hydrogen) atoms. The number of aryl methyl sites for hydroxylation is 1. The molecule has 0 saturated heterocycles. The molecule has 0 bridgehead atoms. The molecule has 4 nitrogen and oxygen atoms in total. The maximum absolute atomic E-state index is 12.6. The molecular weight excluding hydrogens is 298 g/mol. The summed E-state index contributed by atoms with van der Waals surface area (Å²) in [5.41, 5.74) is 7.04. The average molecular weight is 315 g/mol. The zero-order valence-corrected chi connectivity index (χ0v) is 13.7. The van der Waals surface area contributed by atoms with Crippen molar-refractivity contribution < 1.29 is 4.79 Å². The van der Waals surface area contributed by atoms with Crippen molar-refractivity contribution in [2.75, 3.05) is 7.05 Å².